The second-order valence-corrected chi connectivity index (χ2v) is 7.15. The smallest absolute Gasteiger partial charge is 0.332 e. The van der Waals surface area contributed by atoms with E-state index in [4.69, 9.17) is 9.47 Å². The molecule has 28 heavy (non-hydrogen) atoms. The topological polar surface area (TPSA) is 83.5 Å². The van der Waals surface area contributed by atoms with Gasteiger partial charge in [0.25, 0.3) is 5.56 Å². The SMILES string of the molecule is COc1ccc(N2C[C@@H](C)Cn3c2nc2c3c(=O)n(C)c(=O)n2C)c(OC)c1. The molecule has 0 saturated carbocycles. The molecule has 3 heterocycles. The van der Waals surface area contributed by atoms with Crippen LogP contribution in [0.1, 0.15) is 6.92 Å². The molecular weight excluding hydrogens is 362 g/mol. The van der Waals surface area contributed by atoms with E-state index in [0.29, 0.717) is 41.7 Å². The number of benzene rings is 1. The molecule has 3 aromatic rings. The van der Waals surface area contributed by atoms with Gasteiger partial charge >= 0.3 is 5.69 Å². The summed E-state index contributed by atoms with van der Waals surface area (Å²) in [6.07, 6.45) is 0. The zero-order chi connectivity index (χ0) is 20.2. The van der Waals surface area contributed by atoms with Crippen LogP contribution in [-0.4, -0.2) is 39.4 Å². The fourth-order valence-electron chi connectivity index (χ4n) is 3.79. The van der Waals surface area contributed by atoms with Crippen LogP contribution in [-0.2, 0) is 20.6 Å². The van der Waals surface area contributed by atoms with Crippen LogP contribution in [0.5, 0.6) is 11.5 Å². The van der Waals surface area contributed by atoms with Gasteiger partial charge in [0.1, 0.15) is 11.5 Å². The van der Waals surface area contributed by atoms with Crippen LogP contribution >= 0.6 is 0 Å². The van der Waals surface area contributed by atoms with Crippen molar-refractivity contribution in [2.75, 3.05) is 25.7 Å². The molecule has 1 atom stereocenters. The van der Waals surface area contributed by atoms with E-state index in [-0.39, 0.29) is 11.5 Å². The molecule has 0 radical (unpaired) electrons. The lowest BCUT2D eigenvalue weighted by molar-refractivity contribution is 0.392. The Morgan fingerprint density at radius 1 is 1.07 bits per heavy atom. The lowest BCUT2D eigenvalue weighted by Crippen LogP contribution is -2.38. The van der Waals surface area contributed by atoms with Crippen molar-refractivity contribution < 1.29 is 9.47 Å². The summed E-state index contributed by atoms with van der Waals surface area (Å²) < 4.78 is 15.3. The second-order valence-electron chi connectivity index (χ2n) is 7.15. The fraction of sp³-hybridized carbons (Fsp3) is 0.421. The molecule has 1 aliphatic heterocycles. The quantitative estimate of drug-likeness (QED) is 0.675. The van der Waals surface area contributed by atoms with Crippen molar-refractivity contribution in [3.63, 3.8) is 0 Å². The summed E-state index contributed by atoms with van der Waals surface area (Å²) in [5, 5.41) is 0. The minimum Gasteiger partial charge on any atom is -0.497 e. The van der Waals surface area contributed by atoms with Gasteiger partial charge in [0.05, 0.1) is 19.9 Å². The van der Waals surface area contributed by atoms with Crippen molar-refractivity contribution in [2.45, 2.75) is 13.5 Å². The number of fused-ring (bicyclic) bond motifs is 3. The molecule has 1 aliphatic rings. The van der Waals surface area contributed by atoms with Crippen LogP contribution < -0.4 is 25.6 Å². The number of nitrogens with zero attached hydrogens (tertiary/aromatic N) is 5. The van der Waals surface area contributed by atoms with Gasteiger partial charge in [0.15, 0.2) is 11.2 Å². The van der Waals surface area contributed by atoms with E-state index in [1.54, 1.807) is 21.3 Å². The highest BCUT2D eigenvalue weighted by Gasteiger charge is 2.30. The van der Waals surface area contributed by atoms with E-state index in [2.05, 4.69) is 11.9 Å². The molecule has 0 saturated heterocycles. The molecule has 148 valence electrons. The van der Waals surface area contributed by atoms with Crippen LogP contribution in [0.25, 0.3) is 11.2 Å². The summed E-state index contributed by atoms with van der Waals surface area (Å²) in [6, 6.07) is 5.59. The predicted molar refractivity (Wildman–Crippen MR) is 106 cm³/mol. The molecule has 0 spiro atoms. The lowest BCUT2D eigenvalue weighted by atomic mass is 10.1. The van der Waals surface area contributed by atoms with Gasteiger partial charge in [-0.3, -0.25) is 13.9 Å². The van der Waals surface area contributed by atoms with E-state index in [0.717, 1.165) is 10.3 Å². The first-order valence-electron chi connectivity index (χ1n) is 9.03. The normalized spacial score (nSPS) is 16.3. The van der Waals surface area contributed by atoms with E-state index in [9.17, 15) is 9.59 Å². The van der Waals surface area contributed by atoms with Crippen molar-refractivity contribution >= 4 is 22.8 Å². The number of aryl methyl sites for hydroxylation is 1. The van der Waals surface area contributed by atoms with Gasteiger partial charge in [-0.2, -0.15) is 4.98 Å². The highest BCUT2D eigenvalue weighted by atomic mass is 16.5. The van der Waals surface area contributed by atoms with Crippen molar-refractivity contribution in [2.24, 2.45) is 20.0 Å². The number of hydrogen-bond acceptors (Lipinski definition) is 6. The van der Waals surface area contributed by atoms with Gasteiger partial charge in [0.2, 0.25) is 5.95 Å². The third kappa shape index (κ3) is 2.49. The monoisotopic (exact) mass is 385 g/mol. The molecule has 0 aliphatic carbocycles. The Morgan fingerprint density at radius 3 is 2.50 bits per heavy atom. The number of imidazole rings is 1. The molecule has 0 fully saturated rings. The van der Waals surface area contributed by atoms with Gasteiger partial charge < -0.3 is 18.9 Å². The standard InChI is InChI=1S/C19H23N5O4/c1-11-9-23(13-7-6-12(27-4)8-14(13)28-5)18-20-16-15(24(18)10-11)17(25)22(3)19(26)21(16)2/h6-8,11H,9-10H2,1-5H3/t11-/m1/s1. The summed E-state index contributed by atoms with van der Waals surface area (Å²) in [4.78, 5) is 31.9. The first-order valence-corrected chi connectivity index (χ1v) is 9.03. The van der Waals surface area contributed by atoms with E-state index >= 15 is 0 Å². The minimum absolute atomic E-state index is 0.263. The van der Waals surface area contributed by atoms with Gasteiger partial charge in [0, 0.05) is 33.3 Å². The van der Waals surface area contributed by atoms with Gasteiger partial charge in [-0.25, -0.2) is 4.79 Å². The molecule has 0 amide bonds. The first kappa shape index (κ1) is 18.1. The zero-order valence-corrected chi connectivity index (χ0v) is 16.6. The number of aromatic nitrogens is 4. The maximum Gasteiger partial charge on any atom is 0.332 e. The van der Waals surface area contributed by atoms with Crippen molar-refractivity contribution in [1.29, 1.82) is 0 Å². The average molecular weight is 385 g/mol. The van der Waals surface area contributed by atoms with Crippen LogP contribution in [0.15, 0.2) is 27.8 Å². The van der Waals surface area contributed by atoms with Crippen molar-refractivity contribution in [1.82, 2.24) is 18.7 Å². The van der Waals surface area contributed by atoms with Crippen molar-refractivity contribution in [3.8, 4) is 11.5 Å². The third-order valence-corrected chi connectivity index (χ3v) is 5.24. The molecule has 0 N–H and O–H groups in total. The van der Waals surface area contributed by atoms with Crippen LogP contribution in [0.4, 0.5) is 11.6 Å². The first-order chi connectivity index (χ1) is 13.4. The number of rotatable bonds is 3. The van der Waals surface area contributed by atoms with Crippen molar-refractivity contribution in [3.05, 3.63) is 39.0 Å². The molecule has 1 aromatic carbocycles. The van der Waals surface area contributed by atoms with E-state index in [1.165, 1.54) is 11.6 Å². The molecular formula is C19H23N5O4. The van der Waals surface area contributed by atoms with Crippen LogP contribution in [0, 0.1) is 5.92 Å². The van der Waals surface area contributed by atoms with Crippen LogP contribution in [0.2, 0.25) is 0 Å². The Labute approximate surface area is 161 Å². The summed E-state index contributed by atoms with van der Waals surface area (Å²) in [5.41, 5.74) is 0.911. The lowest BCUT2D eigenvalue weighted by Gasteiger charge is -2.33. The maximum absolute atomic E-state index is 12.8. The molecule has 0 unspecified atom stereocenters. The summed E-state index contributed by atoms with van der Waals surface area (Å²) in [7, 11) is 6.33. The highest BCUT2D eigenvalue weighted by Crippen LogP contribution is 2.39. The second kappa shape index (κ2) is 6.43. The molecule has 4 rings (SSSR count). The highest BCUT2D eigenvalue weighted by molar-refractivity contribution is 5.78. The fourth-order valence-corrected chi connectivity index (χ4v) is 3.79. The predicted octanol–water partition coefficient (Wildman–Crippen LogP) is 1.24. The Bertz CT molecular complexity index is 1190. The zero-order valence-electron chi connectivity index (χ0n) is 16.6. The maximum atomic E-state index is 12.8. The number of hydrogen-bond donors (Lipinski definition) is 0. The third-order valence-electron chi connectivity index (χ3n) is 5.24. The average Bonchev–Trinajstić information content (AvgIpc) is 3.09. The van der Waals surface area contributed by atoms with Gasteiger partial charge in [-0.05, 0) is 18.1 Å². The number of methoxy groups -OCH3 is 2. The van der Waals surface area contributed by atoms with Crippen LogP contribution in [0.3, 0.4) is 0 Å². The summed E-state index contributed by atoms with van der Waals surface area (Å²) in [6.45, 7) is 3.47. The van der Waals surface area contributed by atoms with Gasteiger partial charge in [-0.15, -0.1) is 0 Å². The Balaban J connectivity index is 2.01. The number of anilines is 2. The number of ether oxygens (including phenoxy) is 2. The van der Waals surface area contributed by atoms with E-state index in [1.807, 2.05) is 27.7 Å². The summed E-state index contributed by atoms with van der Waals surface area (Å²) in [5.74, 6) is 2.22. The Hall–Kier alpha value is -3.23. The summed E-state index contributed by atoms with van der Waals surface area (Å²) >= 11 is 0. The van der Waals surface area contributed by atoms with Gasteiger partial charge in [-0.1, -0.05) is 6.92 Å². The molecule has 9 nitrogen and oxygen atoms in total. The molecule has 2 aromatic heterocycles. The molecule has 0 bridgehead atoms. The Kier molecular flexibility index (Phi) is 4.17. The largest absolute Gasteiger partial charge is 0.497 e. The minimum atomic E-state index is -0.394. The molecule has 9 heteroatoms. The van der Waals surface area contributed by atoms with E-state index < -0.39 is 5.69 Å². The Morgan fingerprint density at radius 2 is 1.82 bits per heavy atom.